The van der Waals surface area contributed by atoms with Gasteiger partial charge in [-0.3, -0.25) is 29.4 Å². The molecule has 0 atom stereocenters. The lowest BCUT2D eigenvalue weighted by molar-refractivity contribution is -0.384. The first-order valence-electron chi connectivity index (χ1n) is 12.4. The maximum absolute atomic E-state index is 13.0. The second-order valence-corrected chi connectivity index (χ2v) is 9.98. The Labute approximate surface area is 235 Å². The molecule has 1 aliphatic heterocycles. The van der Waals surface area contributed by atoms with Crippen molar-refractivity contribution in [1.29, 1.82) is 0 Å². The van der Waals surface area contributed by atoms with Gasteiger partial charge in [-0.05, 0) is 85.6 Å². The molecule has 1 N–H and O–H groups in total. The van der Waals surface area contributed by atoms with E-state index in [0.29, 0.717) is 29.4 Å². The molecular weight excluding hydrogens is 534 g/mol. The number of non-ortho nitro benzene ring substituents is 1. The van der Waals surface area contributed by atoms with E-state index in [9.17, 15) is 24.5 Å². The van der Waals surface area contributed by atoms with Crippen molar-refractivity contribution < 1.29 is 28.8 Å². The molecule has 3 aromatic carbocycles. The number of thioether (sulfide) groups is 1. The van der Waals surface area contributed by atoms with Gasteiger partial charge in [0.1, 0.15) is 13.2 Å². The van der Waals surface area contributed by atoms with Gasteiger partial charge in [-0.1, -0.05) is 23.8 Å². The molecule has 3 amide bonds. The number of carbonyl (C=O) groups is 3. The normalized spacial score (nSPS) is 14.0. The number of aryl methyl sites for hydroxylation is 2. The number of nitro benzene ring substituents is 1. The zero-order valence-electron chi connectivity index (χ0n) is 22.1. The second-order valence-electron chi connectivity index (χ2n) is 8.99. The second kappa shape index (κ2) is 12.5. The van der Waals surface area contributed by atoms with Gasteiger partial charge in [0.2, 0.25) is 5.91 Å². The molecule has 1 heterocycles. The molecule has 0 aromatic heterocycles. The number of nitro groups is 1. The van der Waals surface area contributed by atoms with Gasteiger partial charge < -0.3 is 14.8 Å². The maximum atomic E-state index is 13.0. The van der Waals surface area contributed by atoms with Crippen LogP contribution in [0.15, 0.2) is 65.6 Å². The SMILES string of the molecule is CCOc1cc(/C=C2/SC(=O)N(CC(=O)Nc3ccc(C)cc3C)C2=O)ccc1OCc1ccc([N+](=O)[O-])cc1. The Morgan fingerprint density at radius 3 is 2.45 bits per heavy atom. The van der Waals surface area contributed by atoms with E-state index in [1.807, 2.05) is 32.9 Å². The standard InChI is InChI=1S/C29H27N3O7S/c1-4-38-25-14-21(8-12-24(25)39-17-20-6-9-22(10-7-20)32(36)37)15-26-28(34)31(29(35)40-26)16-27(33)30-23-11-5-18(2)13-19(23)3/h5-15H,4,16-17H2,1-3H3,(H,30,33)/b26-15+. The van der Waals surface area contributed by atoms with Gasteiger partial charge in [-0.2, -0.15) is 0 Å². The van der Waals surface area contributed by atoms with Crippen LogP contribution in [0.1, 0.15) is 29.2 Å². The summed E-state index contributed by atoms with van der Waals surface area (Å²) in [6, 6.07) is 16.7. The predicted octanol–water partition coefficient (Wildman–Crippen LogP) is 5.86. The quantitative estimate of drug-likeness (QED) is 0.185. The molecule has 3 aromatic rings. The van der Waals surface area contributed by atoms with Gasteiger partial charge in [-0.25, -0.2) is 0 Å². The van der Waals surface area contributed by atoms with E-state index in [1.54, 1.807) is 42.5 Å². The molecule has 0 spiro atoms. The molecule has 0 bridgehead atoms. The van der Waals surface area contributed by atoms with Gasteiger partial charge >= 0.3 is 0 Å². The Hall–Kier alpha value is -4.64. The highest BCUT2D eigenvalue weighted by molar-refractivity contribution is 8.18. The van der Waals surface area contributed by atoms with Gasteiger partial charge in [0.05, 0.1) is 16.4 Å². The summed E-state index contributed by atoms with van der Waals surface area (Å²) in [7, 11) is 0. The summed E-state index contributed by atoms with van der Waals surface area (Å²) >= 11 is 0.763. The van der Waals surface area contributed by atoms with Crippen LogP contribution in [-0.2, 0) is 16.2 Å². The van der Waals surface area contributed by atoms with Crippen molar-refractivity contribution >= 4 is 46.3 Å². The molecule has 0 unspecified atom stereocenters. The zero-order valence-corrected chi connectivity index (χ0v) is 22.9. The van der Waals surface area contributed by atoms with Gasteiger partial charge in [-0.15, -0.1) is 0 Å². The summed E-state index contributed by atoms with van der Waals surface area (Å²) in [5, 5.41) is 13.1. The molecule has 0 aliphatic carbocycles. The molecule has 40 heavy (non-hydrogen) atoms. The van der Waals surface area contributed by atoms with Crippen molar-refractivity contribution in [2.45, 2.75) is 27.4 Å². The number of rotatable bonds is 10. The molecule has 10 nitrogen and oxygen atoms in total. The minimum atomic E-state index is -0.553. The first-order valence-corrected chi connectivity index (χ1v) is 13.2. The summed E-state index contributed by atoms with van der Waals surface area (Å²) in [6.07, 6.45) is 1.57. The fourth-order valence-electron chi connectivity index (χ4n) is 3.95. The van der Waals surface area contributed by atoms with Crippen LogP contribution in [0.25, 0.3) is 6.08 Å². The van der Waals surface area contributed by atoms with Crippen LogP contribution in [0.4, 0.5) is 16.2 Å². The summed E-state index contributed by atoms with van der Waals surface area (Å²) in [6.45, 7) is 5.78. The van der Waals surface area contributed by atoms with Crippen LogP contribution in [0, 0.1) is 24.0 Å². The van der Waals surface area contributed by atoms with E-state index >= 15 is 0 Å². The third-order valence-electron chi connectivity index (χ3n) is 5.94. The van der Waals surface area contributed by atoms with Crippen molar-refractivity contribution in [1.82, 2.24) is 4.90 Å². The Morgan fingerprint density at radius 2 is 1.77 bits per heavy atom. The van der Waals surface area contributed by atoms with Crippen LogP contribution < -0.4 is 14.8 Å². The van der Waals surface area contributed by atoms with Crippen molar-refractivity contribution in [3.63, 3.8) is 0 Å². The topological polar surface area (TPSA) is 128 Å². The van der Waals surface area contributed by atoms with E-state index in [1.165, 1.54) is 12.1 Å². The highest BCUT2D eigenvalue weighted by Crippen LogP contribution is 2.35. The van der Waals surface area contributed by atoms with Crippen molar-refractivity contribution in [3.05, 3.63) is 97.9 Å². The summed E-state index contributed by atoms with van der Waals surface area (Å²) < 4.78 is 11.6. The Bertz CT molecular complexity index is 1500. The molecule has 0 radical (unpaired) electrons. The zero-order chi connectivity index (χ0) is 28.8. The molecular formula is C29H27N3O7S. The van der Waals surface area contributed by atoms with Crippen LogP contribution in [0.2, 0.25) is 0 Å². The number of imide groups is 1. The van der Waals surface area contributed by atoms with E-state index in [2.05, 4.69) is 5.32 Å². The molecule has 1 saturated heterocycles. The van der Waals surface area contributed by atoms with Crippen LogP contribution >= 0.6 is 11.8 Å². The average molecular weight is 562 g/mol. The van der Waals surface area contributed by atoms with Gasteiger partial charge in [0.25, 0.3) is 16.8 Å². The van der Waals surface area contributed by atoms with Crippen molar-refractivity contribution in [3.8, 4) is 11.5 Å². The summed E-state index contributed by atoms with van der Waals surface area (Å²) in [5.74, 6) is -0.135. The number of carbonyl (C=O) groups excluding carboxylic acids is 3. The number of hydrogen-bond donors (Lipinski definition) is 1. The fourth-order valence-corrected chi connectivity index (χ4v) is 4.79. The number of nitrogens with zero attached hydrogens (tertiary/aromatic N) is 2. The fraction of sp³-hybridized carbons (Fsp3) is 0.207. The molecule has 206 valence electrons. The summed E-state index contributed by atoms with van der Waals surface area (Å²) in [5.41, 5.74) is 3.91. The number of hydrogen-bond acceptors (Lipinski definition) is 8. The van der Waals surface area contributed by atoms with E-state index < -0.39 is 28.5 Å². The number of benzene rings is 3. The molecule has 11 heteroatoms. The Morgan fingerprint density at radius 1 is 1.02 bits per heavy atom. The lowest BCUT2D eigenvalue weighted by Crippen LogP contribution is -2.36. The minimum absolute atomic E-state index is 0.00508. The Balaban J connectivity index is 1.44. The third-order valence-corrected chi connectivity index (χ3v) is 6.85. The van der Waals surface area contributed by atoms with E-state index in [4.69, 9.17) is 9.47 Å². The van der Waals surface area contributed by atoms with Crippen molar-refractivity contribution in [2.24, 2.45) is 0 Å². The molecule has 0 saturated carbocycles. The first kappa shape index (κ1) is 28.4. The molecule has 4 rings (SSSR count). The molecule has 1 aliphatic rings. The van der Waals surface area contributed by atoms with Crippen LogP contribution in [0.3, 0.4) is 0 Å². The van der Waals surface area contributed by atoms with Crippen molar-refractivity contribution in [2.75, 3.05) is 18.5 Å². The number of ether oxygens (including phenoxy) is 2. The van der Waals surface area contributed by atoms with Crippen LogP contribution in [-0.4, -0.2) is 40.0 Å². The largest absolute Gasteiger partial charge is 0.490 e. The number of anilines is 1. The van der Waals surface area contributed by atoms with Gasteiger partial charge in [0, 0.05) is 17.8 Å². The minimum Gasteiger partial charge on any atom is -0.490 e. The summed E-state index contributed by atoms with van der Waals surface area (Å²) in [4.78, 5) is 49.6. The number of amides is 3. The number of nitrogens with one attached hydrogen (secondary N) is 1. The first-order chi connectivity index (χ1) is 19.1. The third kappa shape index (κ3) is 6.86. The Kier molecular flexibility index (Phi) is 8.85. The van der Waals surface area contributed by atoms with E-state index in [0.717, 1.165) is 33.4 Å². The van der Waals surface area contributed by atoms with E-state index in [-0.39, 0.29) is 17.2 Å². The lowest BCUT2D eigenvalue weighted by Gasteiger charge is -2.14. The predicted molar refractivity (Wildman–Crippen MR) is 152 cm³/mol. The maximum Gasteiger partial charge on any atom is 0.294 e. The monoisotopic (exact) mass is 561 g/mol. The molecule has 1 fully saturated rings. The smallest absolute Gasteiger partial charge is 0.294 e. The average Bonchev–Trinajstić information content (AvgIpc) is 3.17. The highest BCUT2D eigenvalue weighted by Gasteiger charge is 2.36. The highest BCUT2D eigenvalue weighted by atomic mass is 32.2. The lowest BCUT2D eigenvalue weighted by atomic mass is 10.1. The van der Waals surface area contributed by atoms with Crippen LogP contribution in [0.5, 0.6) is 11.5 Å². The van der Waals surface area contributed by atoms with Gasteiger partial charge in [0.15, 0.2) is 11.5 Å².